The minimum absolute atomic E-state index is 0.0330. The average molecular weight is 530 g/mol. The molecule has 0 fully saturated rings. The number of ether oxygens (including phenoxy) is 2. The van der Waals surface area contributed by atoms with Gasteiger partial charge < -0.3 is 9.47 Å². The van der Waals surface area contributed by atoms with Crippen molar-refractivity contribution >= 4 is 34.5 Å². The van der Waals surface area contributed by atoms with Gasteiger partial charge in [0.05, 0.1) is 25.5 Å². The van der Waals surface area contributed by atoms with Crippen LogP contribution in [0.15, 0.2) is 48.5 Å². The Labute approximate surface area is 182 Å². The van der Waals surface area contributed by atoms with Crippen LogP contribution in [0.5, 0.6) is 0 Å². The molecule has 0 aliphatic heterocycles. The molecule has 0 N–H and O–H groups in total. The quantitative estimate of drug-likeness (QED) is 0.360. The van der Waals surface area contributed by atoms with Gasteiger partial charge in [-0.3, -0.25) is 0 Å². The zero-order valence-electron chi connectivity index (χ0n) is 15.7. The summed E-state index contributed by atoms with van der Waals surface area (Å²) >= 11 is 1.55. The molecule has 2 aromatic carbocycles. The van der Waals surface area contributed by atoms with Gasteiger partial charge in [0.1, 0.15) is 11.3 Å². The number of hydrogen-bond acceptors (Lipinski definition) is 5. The molecule has 0 spiro atoms. The van der Waals surface area contributed by atoms with Gasteiger partial charge in [-0.25, -0.2) is 14.3 Å². The number of alkyl halides is 3. The largest absolute Gasteiger partial charge is 0.465 e. The lowest BCUT2D eigenvalue weighted by Gasteiger charge is -2.12. The number of para-hydroxylation sites is 1. The number of methoxy groups -OCH3 is 2. The van der Waals surface area contributed by atoms with Gasteiger partial charge >= 0.3 is 18.1 Å². The van der Waals surface area contributed by atoms with Crippen molar-refractivity contribution in [3.8, 4) is 16.9 Å². The highest BCUT2D eigenvalue weighted by Crippen LogP contribution is 2.39. The van der Waals surface area contributed by atoms with Crippen LogP contribution < -0.4 is 0 Å². The van der Waals surface area contributed by atoms with Crippen molar-refractivity contribution in [3.05, 3.63) is 68.9 Å². The number of carbonyl (C=O) groups is 2. The maximum absolute atomic E-state index is 13.4. The Morgan fingerprint density at radius 2 is 1.60 bits per heavy atom. The van der Waals surface area contributed by atoms with Crippen LogP contribution in [0.1, 0.15) is 26.4 Å². The van der Waals surface area contributed by atoms with Crippen molar-refractivity contribution in [2.45, 2.75) is 6.18 Å². The molecule has 3 aromatic rings. The number of esters is 2. The van der Waals surface area contributed by atoms with Gasteiger partial charge in [-0.2, -0.15) is 18.3 Å². The predicted octanol–water partition coefficient (Wildman–Crippen LogP) is 4.74. The van der Waals surface area contributed by atoms with E-state index >= 15 is 0 Å². The lowest BCUT2D eigenvalue weighted by atomic mass is 10.0. The van der Waals surface area contributed by atoms with E-state index in [1.807, 2.05) is 0 Å². The van der Waals surface area contributed by atoms with Gasteiger partial charge in [0.25, 0.3) is 0 Å². The first-order valence-corrected chi connectivity index (χ1v) is 9.49. The molecule has 0 amide bonds. The summed E-state index contributed by atoms with van der Waals surface area (Å²) in [5.74, 6) is -1.82. The molecule has 10 heteroatoms. The molecule has 0 bridgehead atoms. The monoisotopic (exact) mass is 530 g/mol. The fourth-order valence-electron chi connectivity index (χ4n) is 2.88. The summed E-state index contributed by atoms with van der Waals surface area (Å²) in [5.41, 5.74) is -1.10. The van der Waals surface area contributed by atoms with E-state index in [1.54, 1.807) is 52.9 Å². The van der Waals surface area contributed by atoms with Crippen LogP contribution in [-0.4, -0.2) is 35.9 Å². The Kier molecular flexibility index (Phi) is 6.15. The summed E-state index contributed by atoms with van der Waals surface area (Å²) in [4.78, 5) is 25.1. The molecule has 0 aliphatic rings. The van der Waals surface area contributed by atoms with E-state index in [0.29, 0.717) is 5.69 Å². The molecule has 0 saturated carbocycles. The molecule has 30 heavy (non-hydrogen) atoms. The number of aromatic nitrogens is 2. The third-order valence-corrected chi connectivity index (χ3v) is 5.38. The molecule has 156 valence electrons. The van der Waals surface area contributed by atoms with E-state index < -0.39 is 23.7 Å². The van der Waals surface area contributed by atoms with Crippen molar-refractivity contribution < 1.29 is 32.2 Å². The zero-order valence-corrected chi connectivity index (χ0v) is 17.8. The number of nitrogens with zero attached hydrogens (tertiary/aromatic N) is 2. The summed E-state index contributed by atoms with van der Waals surface area (Å²) in [5, 5.41) is 4.32. The van der Waals surface area contributed by atoms with Gasteiger partial charge in [-0.05, 0) is 40.8 Å². The van der Waals surface area contributed by atoms with E-state index in [0.717, 1.165) is 25.0 Å². The van der Waals surface area contributed by atoms with Crippen LogP contribution >= 0.6 is 22.6 Å². The maximum Gasteiger partial charge on any atom is 0.417 e. The van der Waals surface area contributed by atoms with Crippen LogP contribution in [0.2, 0.25) is 0 Å². The van der Waals surface area contributed by atoms with Gasteiger partial charge in [0, 0.05) is 9.13 Å². The lowest BCUT2D eigenvalue weighted by molar-refractivity contribution is -0.138. The Balaban J connectivity index is 2.40. The minimum atomic E-state index is -4.61. The first-order chi connectivity index (χ1) is 14.2. The smallest absolute Gasteiger partial charge is 0.417 e. The molecule has 1 aromatic heterocycles. The highest BCUT2D eigenvalue weighted by molar-refractivity contribution is 14.1. The second kappa shape index (κ2) is 8.46. The molecule has 0 unspecified atom stereocenters. The number of rotatable bonds is 4. The molecule has 0 aliphatic carbocycles. The first kappa shape index (κ1) is 21.8. The third-order valence-electron chi connectivity index (χ3n) is 4.21. The summed E-state index contributed by atoms with van der Waals surface area (Å²) in [6, 6.07) is 11.9. The zero-order chi connectivity index (χ0) is 22.1. The molecule has 0 atom stereocenters. The van der Waals surface area contributed by atoms with Crippen LogP contribution in [0, 0.1) is 3.57 Å². The van der Waals surface area contributed by atoms with E-state index in [-0.39, 0.29) is 26.1 Å². The summed E-state index contributed by atoms with van der Waals surface area (Å²) < 4.78 is 50.8. The fraction of sp³-hybridized carbons (Fsp3) is 0.150. The van der Waals surface area contributed by atoms with Crippen LogP contribution in [0.3, 0.4) is 0 Å². The number of halogens is 4. The molecule has 0 saturated heterocycles. The molecular formula is C20H14F3IN2O4. The highest BCUT2D eigenvalue weighted by Gasteiger charge is 2.36. The average Bonchev–Trinajstić information content (AvgIpc) is 3.13. The second-order valence-electron chi connectivity index (χ2n) is 5.97. The van der Waals surface area contributed by atoms with E-state index in [4.69, 9.17) is 9.47 Å². The van der Waals surface area contributed by atoms with Gasteiger partial charge in [0.15, 0.2) is 5.69 Å². The van der Waals surface area contributed by atoms with Crippen LogP contribution in [0.25, 0.3) is 16.9 Å². The molecular weight excluding hydrogens is 516 g/mol. The van der Waals surface area contributed by atoms with Crippen molar-refractivity contribution in [1.82, 2.24) is 9.78 Å². The Morgan fingerprint density at radius 3 is 2.17 bits per heavy atom. The Bertz CT molecular complexity index is 1110. The van der Waals surface area contributed by atoms with Crippen molar-refractivity contribution in [3.63, 3.8) is 0 Å². The summed E-state index contributed by atoms with van der Waals surface area (Å²) in [7, 11) is 2.23. The van der Waals surface area contributed by atoms with Gasteiger partial charge in [-0.1, -0.05) is 30.3 Å². The lowest BCUT2D eigenvalue weighted by Crippen LogP contribution is -2.15. The second-order valence-corrected chi connectivity index (χ2v) is 7.05. The minimum Gasteiger partial charge on any atom is -0.465 e. The van der Waals surface area contributed by atoms with E-state index in [2.05, 4.69) is 5.10 Å². The molecule has 1 heterocycles. The van der Waals surface area contributed by atoms with Gasteiger partial charge in [-0.15, -0.1) is 0 Å². The van der Waals surface area contributed by atoms with Crippen molar-refractivity contribution in [2.24, 2.45) is 0 Å². The molecule has 0 radical (unpaired) electrons. The molecule has 6 nitrogen and oxygen atoms in total. The van der Waals surface area contributed by atoms with Crippen LogP contribution in [-0.2, 0) is 15.7 Å². The fourth-order valence-corrected chi connectivity index (χ4v) is 3.80. The van der Waals surface area contributed by atoms with Gasteiger partial charge in [0.2, 0.25) is 0 Å². The third kappa shape index (κ3) is 3.91. The van der Waals surface area contributed by atoms with Crippen molar-refractivity contribution in [1.29, 1.82) is 0 Å². The SMILES string of the molecule is COC(=O)c1c(-c2cccc(C(F)(F)F)c2I)nn(-c2ccccc2)c1C(=O)OC. The predicted molar refractivity (Wildman–Crippen MR) is 109 cm³/mol. The topological polar surface area (TPSA) is 70.4 Å². The number of carbonyl (C=O) groups excluding carboxylic acids is 2. The summed E-state index contributed by atoms with van der Waals surface area (Å²) in [6.45, 7) is 0. The number of hydrogen-bond donors (Lipinski definition) is 0. The highest BCUT2D eigenvalue weighted by atomic mass is 127. The first-order valence-electron chi connectivity index (χ1n) is 8.41. The summed E-state index contributed by atoms with van der Waals surface area (Å²) in [6.07, 6.45) is -4.61. The number of benzene rings is 2. The van der Waals surface area contributed by atoms with Crippen molar-refractivity contribution in [2.75, 3.05) is 14.2 Å². The maximum atomic E-state index is 13.4. The van der Waals surface area contributed by atoms with E-state index in [9.17, 15) is 22.8 Å². The van der Waals surface area contributed by atoms with Crippen LogP contribution in [0.4, 0.5) is 13.2 Å². The Morgan fingerprint density at radius 1 is 0.967 bits per heavy atom. The standard InChI is InChI=1S/C20H14F3IN2O4/c1-29-18(27)14-16(12-9-6-10-13(15(12)24)20(21,22)23)25-26(17(14)19(28)30-2)11-7-4-3-5-8-11/h3-10H,1-2H3. The normalized spacial score (nSPS) is 11.3. The Hall–Kier alpha value is -2.89. The molecule has 3 rings (SSSR count). The van der Waals surface area contributed by atoms with E-state index in [1.165, 1.54) is 12.1 Å².